The summed E-state index contributed by atoms with van der Waals surface area (Å²) in [5.74, 6) is 0.784. The minimum absolute atomic E-state index is 0.0690. The molecule has 182 valence electrons. The Kier molecular flexibility index (Phi) is 6.46. The number of nitrogens with one attached hydrogen (secondary N) is 2. The van der Waals surface area contributed by atoms with E-state index in [1.165, 1.54) is 0 Å². The van der Waals surface area contributed by atoms with Crippen LogP contribution in [-0.4, -0.2) is 22.6 Å². The minimum Gasteiger partial charge on any atom is -0.494 e. The van der Waals surface area contributed by atoms with Gasteiger partial charge in [0.2, 0.25) is 5.95 Å². The van der Waals surface area contributed by atoms with Gasteiger partial charge in [-0.25, -0.2) is 4.98 Å². The Morgan fingerprint density at radius 1 is 0.912 bits per heavy atom. The summed E-state index contributed by atoms with van der Waals surface area (Å²) in [6, 6.07) is 6.44. The van der Waals surface area contributed by atoms with Crippen LogP contribution in [0.15, 0.2) is 36.4 Å². The van der Waals surface area contributed by atoms with Crippen molar-refractivity contribution < 1.29 is 31.1 Å². The highest BCUT2D eigenvalue weighted by Crippen LogP contribution is 2.39. The van der Waals surface area contributed by atoms with E-state index in [1.54, 1.807) is 25.1 Å². The van der Waals surface area contributed by atoms with Crippen molar-refractivity contribution >= 4 is 28.4 Å². The first kappa shape index (κ1) is 23.9. The topological polar surface area (TPSA) is 59.1 Å². The molecule has 0 amide bonds. The highest BCUT2D eigenvalue weighted by molar-refractivity contribution is 5.93. The summed E-state index contributed by atoms with van der Waals surface area (Å²) in [4.78, 5) is 8.87. The van der Waals surface area contributed by atoms with Gasteiger partial charge in [0.25, 0.3) is 0 Å². The lowest BCUT2D eigenvalue weighted by atomic mass is 10.1. The maximum absolute atomic E-state index is 13.3. The van der Waals surface area contributed by atoms with E-state index < -0.39 is 29.2 Å². The number of hydrogen-bond acceptors (Lipinski definition) is 5. The molecule has 0 atom stereocenters. The molecule has 4 rings (SSSR count). The fourth-order valence-corrected chi connectivity index (χ4v) is 3.94. The van der Waals surface area contributed by atoms with E-state index in [4.69, 9.17) is 4.74 Å². The third-order valence-electron chi connectivity index (χ3n) is 5.52. The zero-order valence-electron chi connectivity index (χ0n) is 18.1. The summed E-state index contributed by atoms with van der Waals surface area (Å²) in [6.07, 6.45) is -5.95. The number of hydrogen-bond donors (Lipinski definition) is 2. The fourth-order valence-electron chi connectivity index (χ4n) is 3.94. The average Bonchev–Trinajstić information content (AvgIpc) is 3.26. The first-order valence-electron chi connectivity index (χ1n) is 10.8. The Bertz CT molecular complexity index is 1140. The third-order valence-corrected chi connectivity index (χ3v) is 5.52. The smallest absolute Gasteiger partial charge is 0.416 e. The predicted octanol–water partition coefficient (Wildman–Crippen LogP) is 7.16. The van der Waals surface area contributed by atoms with Crippen molar-refractivity contribution in [3.8, 4) is 5.75 Å². The van der Waals surface area contributed by atoms with E-state index in [1.807, 2.05) is 0 Å². The van der Waals surface area contributed by atoms with Gasteiger partial charge in [-0.2, -0.15) is 31.3 Å². The lowest BCUT2D eigenvalue weighted by Gasteiger charge is -2.17. The molecule has 1 fully saturated rings. The molecule has 1 aromatic heterocycles. The van der Waals surface area contributed by atoms with Crippen LogP contribution >= 0.6 is 0 Å². The second-order valence-corrected chi connectivity index (χ2v) is 8.05. The van der Waals surface area contributed by atoms with Gasteiger partial charge in [0.15, 0.2) is 0 Å². The molecule has 3 aromatic rings. The summed E-state index contributed by atoms with van der Waals surface area (Å²) in [5, 5.41) is 6.27. The first-order valence-corrected chi connectivity index (χ1v) is 10.8. The van der Waals surface area contributed by atoms with Gasteiger partial charge in [0, 0.05) is 17.1 Å². The Hall–Kier alpha value is -3.24. The Labute approximate surface area is 191 Å². The van der Waals surface area contributed by atoms with Gasteiger partial charge in [-0.1, -0.05) is 12.8 Å². The lowest BCUT2D eigenvalue weighted by molar-refractivity contribution is -0.143. The Balaban J connectivity index is 1.80. The number of ether oxygens (including phenoxy) is 1. The molecule has 1 heterocycles. The quantitative estimate of drug-likeness (QED) is 0.364. The summed E-state index contributed by atoms with van der Waals surface area (Å²) in [5.41, 5.74) is -2.76. The van der Waals surface area contributed by atoms with Crippen molar-refractivity contribution in [2.75, 3.05) is 17.2 Å². The molecule has 1 saturated carbocycles. The first-order chi connectivity index (χ1) is 16.0. The van der Waals surface area contributed by atoms with Crippen molar-refractivity contribution in [2.45, 2.75) is 51.0 Å². The largest absolute Gasteiger partial charge is 0.494 e. The van der Waals surface area contributed by atoms with Crippen LogP contribution in [0.1, 0.15) is 43.7 Å². The highest BCUT2D eigenvalue weighted by Gasteiger charge is 2.37. The number of halogens is 6. The summed E-state index contributed by atoms with van der Waals surface area (Å²) in [7, 11) is 0. The number of fused-ring (bicyclic) bond motifs is 1. The van der Waals surface area contributed by atoms with Crippen molar-refractivity contribution in [1.29, 1.82) is 0 Å². The highest BCUT2D eigenvalue weighted by atomic mass is 19.4. The maximum atomic E-state index is 13.3. The summed E-state index contributed by atoms with van der Waals surface area (Å²) < 4.78 is 85.3. The van der Waals surface area contributed by atoms with E-state index in [9.17, 15) is 26.3 Å². The second-order valence-electron chi connectivity index (χ2n) is 8.05. The van der Waals surface area contributed by atoms with Crippen molar-refractivity contribution in [3.63, 3.8) is 0 Å². The third kappa shape index (κ3) is 5.45. The molecular weight excluding hydrogens is 462 g/mol. The molecule has 0 unspecified atom stereocenters. The predicted molar refractivity (Wildman–Crippen MR) is 116 cm³/mol. The number of rotatable bonds is 6. The SMILES string of the molecule is CCOc1ccc2nc(NC3CCCC3)nc(Nc3cc(C(F)(F)F)cc(C(F)(F)F)c3)c2c1. The zero-order valence-corrected chi connectivity index (χ0v) is 18.1. The van der Waals surface area contributed by atoms with E-state index in [-0.39, 0.29) is 23.9 Å². The summed E-state index contributed by atoms with van der Waals surface area (Å²) in [6.45, 7) is 2.16. The van der Waals surface area contributed by atoms with Gasteiger partial charge >= 0.3 is 12.4 Å². The Morgan fingerprint density at radius 2 is 1.56 bits per heavy atom. The van der Waals surface area contributed by atoms with Crippen molar-refractivity contribution in [2.24, 2.45) is 0 Å². The van der Waals surface area contributed by atoms with E-state index >= 15 is 0 Å². The maximum Gasteiger partial charge on any atom is 0.416 e. The van der Waals surface area contributed by atoms with Gasteiger partial charge in [-0.3, -0.25) is 0 Å². The van der Waals surface area contributed by atoms with Crippen molar-refractivity contribution in [3.05, 3.63) is 47.5 Å². The van der Waals surface area contributed by atoms with Crippen LogP contribution < -0.4 is 15.4 Å². The molecule has 0 bridgehead atoms. The number of aromatic nitrogens is 2. The second kappa shape index (κ2) is 9.19. The van der Waals surface area contributed by atoms with Gasteiger partial charge in [-0.05, 0) is 56.2 Å². The molecule has 0 aliphatic heterocycles. The molecule has 2 N–H and O–H groups in total. The van der Waals surface area contributed by atoms with Gasteiger partial charge in [-0.15, -0.1) is 0 Å². The number of benzene rings is 2. The Morgan fingerprint density at radius 3 is 2.15 bits per heavy atom. The molecule has 0 spiro atoms. The van der Waals surface area contributed by atoms with Crippen LogP contribution in [0, 0.1) is 0 Å². The molecule has 5 nitrogen and oxygen atoms in total. The van der Waals surface area contributed by atoms with Crippen LogP contribution in [0.25, 0.3) is 10.9 Å². The number of nitrogens with zero attached hydrogens (tertiary/aromatic N) is 2. The normalized spacial score (nSPS) is 15.0. The van der Waals surface area contributed by atoms with E-state index in [0.717, 1.165) is 25.7 Å². The monoisotopic (exact) mass is 484 g/mol. The van der Waals surface area contributed by atoms with E-state index in [2.05, 4.69) is 20.6 Å². The molecule has 1 aliphatic rings. The number of anilines is 3. The molecule has 0 saturated heterocycles. The zero-order chi connectivity index (χ0) is 24.5. The standard InChI is InChI=1S/C23H22F6N4O/c1-2-34-17-7-8-19-18(12-17)20(33-21(32-19)31-15-5-3-4-6-15)30-16-10-13(22(24,25)26)9-14(11-16)23(27,28)29/h7-12,15H,2-6H2,1H3,(H2,30,31,32,33). The minimum atomic E-state index is -4.96. The van der Waals surface area contributed by atoms with Gasteiger partial charge in [0.05, 0.1) is 23.3 Å². The average molecular weight is 484 g/mol. The summed E-state index contributed by atoms with van der Waals surface area (Å²) >= 11 is 0. The lowest BCUT2D eigenvalue weighted by Crippen LogP contribution is -2.17. The van der Waals surface area contributed by atoms with Crippen LogP contribution in [0.4, 0.5) is 43.8 Å². The molecule has 34 heavy (non-hydrogen) atoms. The molecular formula is C23H22F6N4O. The molecule has 11 heteroatoms. The molecule has 2 aromatic carbocycles. The van der Waals surface area contributed by atoms with Gasteiger partial charge in [0.1, 0.15) is 11.6 Å². The molecule has 1 aliphatic carbocycles. The van der Waals surface area contributed by atoms with Crippen LogP contribution in [0.5, 0.6) is 5.75 Å². The fraction of sp³-hybridized carbons (Fsp3) is 0.391. The van der Waals surface area contributed by atoms with Crippen molar-refractivity contribution in [1.82, 2.24) is 9.97 Å². The van der Waals surface area contributed by atoms with E-state index in [0.29, 0.717) is 35.4 Å². The van der Waals surface area contributed by atoms with Gasteiger partial charge < -0.3 is 15.4 Å². The van der Waals surface area contributed by atoms with Crippen LogP contribution in [-0.2, 0) is 12.4 Å². The van der Waals surface area contributed by atoms with Crippen LogP contribution in [0.3, 0.4) is 0 Å². The van der Waals surface area contributed by atoms with Crippen LogP contribution in [0.2, 0.25) is 0 Å². The number of alkyl halides is 6. The molecule has 0 radical (unpaired) electrons.